The van der Waals surface area contributed by atoms with Gasteiger partial charge in [-0.15, -0.1) is 11.8 Å². The SMILES string of the molecule is Cc1c(Cl)c(C)c2c(c1Cl)C(=O)N(c1ccc(CN3C(=O)c4cccc5cccc(c45)C3=O)c3ccc(C4C(=O)c5c(Cl)c(C)c(SCc6ccccc6)c(Cl)c5C4=O)nc13)C2=O. The fraction of sp³-hybridized carbons (Fsp3) is 0.122. The molecule has 6 aromatic carbocycles. The maximum absolute atomic E-state index is 14.5. The van der Waals surface area contributed by atoms with Crippen molar-refractivity contribution in [3.63, 3.8) is 0 Å². The highest BCUT2D eigenvalue weighted by Gasteiger charge is 2.46. The zero-order valence-electron chi connectivity index (χ0n) is 33.4. The summed E-state index contributed by atoms with van der Waals surface area (Å²) in [4.78, 5) is 93.4. The molecule has 0 saturated carbocycles. The summed E-state index contributed by atoms with van der Waals surface area (Å²) in [5, 5.41) is 2.14. The summed E-state index contributed by atoms with van der Waals surface area (Å²) in [6.07, 6.45) is 0. The van der Waals surface area contributed by atoms with Crippen LogP contribution in [0.1, 0.15) is 102 Å². The zero-order valence-corrected chi connectivity index (χ0v) is 37.2. The van der Waals surface area contributed by atoms with Crippen LogP contribution in [0, 0.1) is 20.8 Å². The molecule has 2 aliphatic heterocycles. The molecule has 63 heavy (non-hydrogen) atoms. The van der Waals surface area contributed by atoms with E-state index in [4.69, 9.17) is 51.4 Å². The quantitative estimate of drug-likeness (QED) is 0.0880. The van der Waals surface area contributed by atoms with E-state index in [0.717, 1.165) is 20.7 Å². The molecule has 1 aromatic heterocycles. The molecular weight excluding hydrogens is 900 g/mol. The van der Waals surface area contributed by atoms with Crippen molar-refractivity contribution in [2.45, 2.75) is 43.9 Å². The molecule has 0 N–H and O–H groups in total. The molecule has 1 unspecified atom stereocenters. The van der Waals surface area contributed by atoms with Gasteiger partial charge in [0.15, 0.2) is 11.6 Å². The predicted molar refractivity (Wildman–Crippen MR) is 246 cm³/mol. The van der Waals surface area contributed by atoms with Crippen molar-refractivity contribution in [2.75, 3.05) is 4.90 Å². The lowest BCUT2D eigenvalue weighted by atomic mass is 9.93. The van der Waals surface area contributed by atoms with Gasteiger partial charge in [-0.25, -0.2) is 9.88 Å². The third kappa shape index (κ3) is 6.03. The van der Waals surface area contributed by atoms with Crippen LogP contribution in [-0.2, 0) is 12.3 Å². The Labute approximate surface area is 383 Å². The Morgan fingerprint density at radius 3 is 1.87 bits per heavy atom. The van der Waals surface area contributed by atoms with E-state index >= 15 is 0 Å². The summed E-state index contributed by atoms with van der Waals surface area (Å²) in [7, 11) is 0. The van der Waals surface area contributed by atoms with E-state index in [0.29, 0.717) is 54.8 Å². The number of carbonyl (C=O) groups is 6. The van der Waals surface area contributed by atoms with Gasteiger partial charge in [0.05, 0.1) is 60.8 Å². The molecule has 310 valence electrons. The number of fused-ring (bicyclic) bond motifs is 3. The molecule has 0 radical (unpaired) electrons. The number of nitrogens with zero attached hydrogens (tertiary/aromatic N) is 3. The van der Waals surface area contributed by atoms with Crippen LogP contribution in [0.3, 0.4) is 0 Å². The van der Waals surface area contributed by atoms with Gasteiger partial charge in [0.1, 0.15) is 5.92 Å². The standard InChI is InChI=1S/C49H29Cl4N3O6S/c1-21-32-37(39(51)22(2)38(21)50)49(62)56(48(32)61)31-18-15-26(19-55-46(59)28-13-7-11-25-12-8-14-29(33(25)28)47(55)60)27-16-17-30(54-42(27)31)34-43(57)35-36(44(34)58)41(53)45(23(3)40(35)52)63-20-24-9-5-4-6-10-24/h4-18,34H,19-20H2,1-3H3. The minimum atomic E-state index is -1.48. The van der Waals surface area contributed by atoms with E-state index in [1.54, 1.807) is 57.2 Å². The topological polar surface area (TPSA) is 122 Å². The summed E-state index contributed by atoms with van der Waals surface area (Å²) < 4.78 is 0. The van der Waals surface area contributed by atoms with Crippen molar-refractivity contribution in [3.05, 3.63) is 178 Å². The first-order chi connectivity index (χ1) is 30.2. The van der Waals surface area contributed by atoms with Gasteiger partial charge in [-0.05, 0) is 78.2 Å². The number of benzene rings is 6. The van der Waals surface area contributed by atoms with Crippen LogP contribution in [0.4, 0.5) is 5.69 Å². The molecule has 3 aliphatic rings. The Hall–Kier alpha value is -5.88. The van der Waals surface area contributed by atoms with Gasteiger partial charge < -0.3 is 0 Å². The van der Waals surface area contributed by atoms with E-state index < -0.39 is 41.1 Å². The fourth-order valence-electron chi connectivity index (χ4n) is 8.95. The number of aromatic nitrogens is 1. The number of amides is 4. The van der Waals surface area contributed by atoms with E-state index in [1.807, 2.05) is 42.5 Å². The van der Waals surface area contributed by atoms with Gasteiger partial charge in [-0.2, -0.15) is 0 Å². The lowest BCUT2D eigenvalue weighted by molar-refractivity contribution is 0.0597. The second-order valence-electron chi connectivity index (χ2n) is 15.6. The molecule has 0 spiro atoms. The Morgan fingerprint density at radius 2 is 1.21 bits per heavy atom. The third-order valence-corrected chi connectivity index (χ3v) is 15.4. The molecule has 1 atom stereocenters. The average Bonchev–Trinajstić information content (AvgIpc) is 3.71. The fourth-order valence-corrected chi connectivity index (χ4v) is 11.3. The van der Waals surface area contributed by atoms with Crippen LogP contribution < -0.4 is 4.90 Å². The molecule has 4 amide bonds. The van der Waals surface area contributed by atoms with Crippen molar-refractivity contribution >= 4 is 121 Å². The van der Waals surface area contributed by atoms with Crippen LogP contribution in [0.2, 0.25) is 20.1 Å². The van der Waals surface area contributed by atoms with Crippen molar-refractivity contribution in [1.29, 1.82) is 0 Å². The molecule has 0 fully saturated rings. The van der Waals surface area contributed by atoms with E-state index in [1.165, 1.54) is 23.9 Å². The smallest absolute Gasteiger partial charge is 0.267 e. The second-order valence-corrected chi connectivity index (χ2v) is 18.1. The van der Waals surface area contributed by atoms with Crippen LogP contribution in [0.25, 0.3) is 21.7 Å². The predicted octanol–water partition coefficient (Wildman–Crippen LogP) is 12.0. The number of imide groups is 2. The Balaban J connectivity index is 1.11. The Bertz CT molecular complexity index is 3240. The minimum Gasteiger partial charge on any atom is -0.293 e. The van der Waals surface area contributed by atoms with E-state index in [2.05, 4.69) is 0 Å². The number of Topliss-reactive ketones (excluding diaryl/α,β-unsaturated/α-hetero) is 2. The summed E-state index contributed by atoms with van der Waals surface area (Å²) >= 11 is 28.6. The summed E-state index contributed by atoms with van der Waals surface area (Å²) in [6.45, 7) is 4.80. The molecule has 10 rings (SSSR count). The third-order valence-electron chi connectivity index (χ3n) is 12.1. The molecule has 3 heterocycles. The lowest BCUT2D eigenvalue weighted by Crippen LogP contribution is -2.39. The summed E-state index contributed by atoms with van der Waals surface area (Å²) in [5.41, 5.74) is 3.58. The van der Waals surface area contributed by atoms with E-state index in [9.17, 15) is 28.8 Å². The molecule has 0 bridgehead atoms. The monoisotopic (exact) mass is 927 g/mol. The molecular formula is C49H29Cl4N3O6S. The van der Waals surface area contributed by atoms with Gasteiger partial charge >= 0.3 is 0 Å². The molecule has 1 aliphatic carbocycles. The van der Waals surface area contributed by atoms with E-state index in [-0.39, 0.29) is 65.8 Å². The van der Waals surface area contributed by atoms with Gasteiger partial charge in [-0.3, -0.25) is 33.7 Å². The number of pyridine rings is 1. The highest BCUT2D eigenvalue weighted by molar-refractivity contribution is 7.98. The van der Waals surface area contributed by atoms with Gasteiger partial charge in [0.2, 0.25) is 0 Å². The summed E-state index contributed by atoms with van der Waals surface area (Å²) in [5.74, 6) is -4.62. The molecule has 9 nitrogen and oxygen atoms in total. The first-order valence-corrected chi connectivity index (χ1v) is 22.1. The van der Waals surface area contributed by atoms with Crippen LogP contribution in [-0.4, -0.2) is 45.1 Å². The van der Waals surface area contributed by atoms with Gasteiger partial charge in [-0.1, -0.05) is 113 Å². The second kappa shape index (κ2) is 15.1. The molecule has 14 heteroatoms. The van der Waals surface area contributed by atoms with Crippen LogP contribution in [0.5, 0.6) is 0 Å². The lowest BCUT2D eigenvalue weighted by Gasteiger charge is -2.28. The average molecular weight is 930 g/mol. The Morgan fingerprint density at radius 1 is 0.587 bits per heavy atom. The molecule has 0 saturated heterocycles. The molecule has 7 aromatic rings. The van der Waals surface area contributed by atoms with Crippen molar-refractivity contribution in [2.24, 2.45) is 0 Å². The van der Waals surface area contributed by atoms with Crippen LogP contribution in [0.15, 0.2) is 95.9 Å². The largest absolute Gasteiger partial charge is 0.293 e. The normalized spacial score (nSPS) is 15.7. The number of hydrogen-bond donors (Lipinski definition) is 0. The van der Waals surface area contributed by atoms with Gasteiger partial charge in [0, 0.05) is 37.6 Å². The maximum atomic E-state index is 14.5. The van der Waals surface area contributed by atoms with Gasteiger partial charge in [0.25, 0.3) is 23.6 Å². The number of carbonyl (C=O) groups excluding carboxylic acids is 6. The van der Waals surface area contributed by atoms with Crippen molar-refractivity contribution in [3.8, 4) is 0 Å². The maximum Gasteiger partial charge on any atom is 0.267 e. The van der Waals surface area contributed by atoms with Crippen molar-refractivity contribution < 1.29 is 28.8 Å². The number of anilines is 1. The first-order valence-electron chi connectivity index (χ1n) is 19.6. The van der Waals surface area contributed by atoms with Crippen LogP contribution >= 0.6 is 58.2 Å². The van der Waals surface area contributed by atoms with Crippen molar-refractivity contribution in [1.82, 2.24) is 9.88 Å². The number of rotatable bonds is 7. The number of ketones is 2. The minimum absolute atomic E-state index is 0.00539. The number of thioether (sulfide) groups is 1. The number of halogens is 4. The zero-order chi connectivity index (χ0) is 44.3. The highest BCUT2D eigenvalue weighted by Crippen LogP contribution is 2.49. The highest BCUT2D eigenvalue weighted by atomic mass is 35.5. The Kier molecular flexibility index (Phi) is 9.89. The first kappa shape index (κ1) is 41.1. The number of hydrogen-bond acceptors (Lipinski definition) is 8. The summed E-state index contributed by atoms with van der Waals surface area (Å²) in [6, 6.07) is 26.4.